The van der Waals surface area contributed by atoms with E-state index in [2.05, 4.69) is 20.4 Å². The number of carbonyl (C=O) groups is 1. The second-order valence-corrected chi connectivity index (χ2v) is 5.24. The highest BCUT2D eigenvalue weighted by Gasteiger charge is 2.10. The number of aromatic nitrogens is 2. The third kappa shape index (κ3) is 3.59. The third-order valence-electron chi connectivity index (χ3n) is 3.74. The van der Waals surface area contributed by atoms with Crippen LogP contribution in [0.4, 0.5) is 0 Å². The highest BCUT2D eigenvalue weighted by Crippen LogP contribution is 2.12. The Balaban J connectivity index is 1.45. The Morgan fingerprint density at radius 3 is 3.10 bits per heavy atom. The molecule has 0 saturated carbocycles. The molecule has 0 aliphatic carbocycles. The maximum absolute atomic E-state index is 12.1. The number of aromatic amines is 1. The summed E-state index contributed by atoms with van der Waals surface area (Å²) in [4.78, 5) is 14.4. The van der Waals surface area contributed by atoms with Crippen molar-refractivity contribution < 1.29 is 9.53 Å². The summed E-state index contributed by atoms with van der Waals surface area (Å²) in [5, 5.41) is 10.8. The zero-order valence-electron chi connectivity index (χ0n) is 12.0. The summed E-state index contributed by atoms with van der Waals surface area (Å²) >= 11 is 0. The van der Waals surface area contributed by atoms with Gasteiger partial charge >= 0.3 is 0 Å². The van der Waals surface area contributed by atoms with Crippen LogP contribution < -0.4 is 5.32 Å². The smallest absolute Gasteiger partial charge is 0.251 e. The molecule has 6 heteroatoms. The Bertz CT molecular complexity index is 604. The highest BCUT2D eigenvalue weighted by atomic mass is 16.5. The van der Waals surface area contributed by atoms with Crippen molar-refractivity contribution in [3.05, 3.63) is 30.0 Å². The van der Waals surface area contributed by atoms with E-state index in [1.165, 1.54) is 0 Å². The van der Waals surface area contributed by atoms with Gasteiger partial charge in [0.15, 0.2) is 0 Å². The Labute approximate surface area is 123 Å². The van der Waals surface area contributed by atoms with E-state index in [1.54, 1.807) is 6.20 Å². The molecule has 21 heavy (non-hydrogen) atoms. The average molecular weight is 288 g/mol. The largest absolute Gasteiger partial charge is 0.379 e. The molecular weight excluding hydrogens is 268 g/mol. The van der Waals surface area contributed by atoms with E-state index in [4.69, 9.17) is 4.74 Å². The molecular formula is C15H20N4O2. The van der Waals surface area contributed by atoms with Crippen LogP contribution in [0.15, 0.2) is 24.4 Å². The lowest BCUT2D eigenvalue weighted by molar-refractivity contribution is 0.0374. The van der Waals surface area contributed by atoms with Gasteiger partial charge in [0.05, 0.1) is 24.9 Å². The molecule has 1 aromatic heterocycles. The monoisotopic (exact) mass is 288 g/mol. The quantitative estimate of drug-likeness (QED) is 0.806. The van der Waals surface area contributed by atoms with E-state index in [9.17, 15) is 4.79 Å². The lowest BCUT2D eigenvalue weighted by atomic mass is 10.1. The van der Waals surface area contributed by atoms with Crippen molar-refractivity contribution in [2.24, 2.45) is 0 Å². The molecule has 2 aromatic rings. The van der Waals surface area contributed by atoms with Gasteiger partial charge in [0, 0.05) is 30.6 Å². The zero-order valence-corrected chi connectivity index (χ0v) is 12.0. The summed E-state index contributed by atoms with van der Waals surface area (Å²) in [6, 6.07) is 5.57. The van der Waals surface area contributed by atoms with Gasteiger partial charge in [0.1, 0.15) is 0 Å². The standard InChI is InChI=1S/C15H20N4O2/c20-15(12-2-3-13-11-17-18-14(13)10-12)16-4-1-5-19-6-8-21-9-7-19/h2-3,10-11H,1,4-9H2,(H,16,20)(H,17,18). The number of fused-ring (bicyclic) bond motifs is 1. The van der Waals surface area contributed by atoms with Crippen LogP contribution in [0.3, 0.4) is 0 Å². The minimum absolute atomic E-state index is 0.0338. The first-order valence-corrected chi connectivity index (χ1v) is 7.34. The molecule has 2 heterocycles. The summed E-state index contributed by atoms with van der Waals surface area (Å²) in [5.41, 5.74) is 1.55. The summed E-state index contributed by atoms with van der Waals surface area (Å²) in [6.07, 6.45) is 2.71. The summed E-state index contributed by atoms with van der Waals surface area (Å²) in [7, 11) is 0. The number of nitrogens with zero attached hydrogens (tertiary/aromatic N) is 2. The molecule has 6 nitrogen and oxygen atoms in total. The van der Waals surface area contributed by atoms with Gasteiger partial charge in [0.25, 0.3) is 5.91 Å². The first-order chi connectivity index (χ1) is 10.3. The van der Waals surface area contributed by atoms with Crippen LogP contribution in [0.1, 0.15) is 16.8 Å². The number of nitrogens with one attached hydrogen (secondary N) is 2. The van der Waals surface area contributed by atoms with E-state index in [0.717, 1.165) is 50.2 Å². The third-order valence-corrected chi connectivity index (χ3v) is 3.74. The minimum atomic E-state index is -0.0338. The lowest BCUT2D eigenvalue weighted by Crippen LogP contribution is -2.38. The first kappa shape index (κ1) is 14.0. The molecule has 1 aliphatic heterocycles. The number of benzene rings is 1. The number of ether oxygens (including phenoxy) is 1. The van der Waals surface area contributed by atoms with E-state index >= 15 is 0 Å². The Morgan fingerprint density at radius 1 is 1.38 bits per heavy atom. The molecule has 1 amide bonds. The molecule has 1 aliphatic rings. The van der Waals surface area contributed by atoms with Gasteiger partial charge in [-0.05, 0) is 25.1 Å². The van der Waals surface area contributed by atoms with Crippen LogP contribution in [0.25, 0.3) is 10.9 Å². The van der Waals surface area contributed by atoms with Gasteiger partial charge in [-0.15, -0.1) is 0 Å². The number of hydrogen-bond donors (Lipinski definition) is 2. The van der Waals surface area contributed by atoms with Gasteiger partial charge in [-0.1, -0.05) is 6.07 Å². The normalized spacial score (nSPS) is 16.2. The maximum atomic E-state index is 12.1. The predicted molar refractivity (Wildman–Crippen MR) is 80.3 cm³/mol. The van der Waals surface area contributed by atoms with E-state index < -0.39 is 0 Å². The highest BCUT2D eigenvalue weighted by molar-refractivity contribution is 5.97. The molecule has 0 radical (unpaired) electrons. The van der Waals surface area contributed by atoms with Crippen molar-refractivity contribution in [3.8, 4) is 0 Å². The number of hydrogen-bond acceptors (Lipinski definition) is 4. The second kappa shape index (κ2) is 6.69. The Hall–Kier alpha value is -1.92. The Morgan fingerprint density at radius 2 is 2.24 bits per heavy atom. The van der Waals surface area contributed by atoms with Crippen LogP contribution in [-0.2, 0) is 4.74 Å². The molecule has 2 N–H and O–H groups in total. The summed E-state index contributed by atoms with van der Waals surface area (Å²) < 4.78 is 5.31. The number of H-pyrrole nitrogens is 1. The molecule has 1 fully saturated rings. The van der Waals surface area contributed by atoms with E-state index in [1.807, 2.05) is 18.2 Å². The van der Waals surface area contributed by atoms with Crippen LogP contribution >= 0.6 is 0 Å². The first-order valence-electron chi connectivity index (χ1n) is 7.34. The maximum Gasteiger partial charge on any atom is 0.251 e. The second-order valence-electron chi connectivity index (χ2n) is 5.24. The molecule has 0 bridgehead atoms. The van der Waals surface area contributed by atoms with Gasteiger partial charge in [-0.2, -0.15) is 5.10 Å². The van der Waals surface area contributed by atoms with Crippen LogP contribution in [0.5, 0.6) is 0 Å². The molecule has 0 unspecified atom stereocenters. The molecule has 0 atom stereocenters. The molecule has 3 rings (SSSR count). The molecule has 112 valence electrons. The fourth-order valence-electron chi connectivity index (χ4n) is 2.51. The minimum Gasteiger partial charge on any atom is -0.379 e. The summed E-state index contributed by atoms with van der Waals surface area (Å²) in [5.74, 6) is -0.0338. The lowest BCUT2D eigenvalue weighted by Gasteiger charge is -2.26. The van der Waals surface area contributed by atoms with Crippen molar-refractivity contribution in [3.63, 3.8) is 0 Å². The van der Waals surface area contributed by atoms with Crippen LogP contribution in [0.2, 0.25) is 0 Å². The van der Waals surface area contributed by atoms with Gasteiger partial charge in [-0.25, -0.2) is 0 Å². The van der Waals surface area contributed by atoms with Gasteiger partial charge in [-0.3, -0.25) is 14.8 Å². The molecule has 1 aromatic carbocycles. The number of morpholine rings is 1. The van der Waals surface area contributed by atoms with Crippen molar-refractivity contribution in [2.75, 3.05) is 39.4 Å². The van der Waals surface area contributed by atoms with Gasteiger partial charge in [0.2, 0.25) is 0 Å². The zero-order chi connectivity index (χ0) is 14.5. The van der Waals surface area contributed by atoms with Crippen molar-refractivity contribution >= 4 is 16.8 Å². The number of carbonyl (C=O) groups excluding carboxylic acids is 1. The van der Waals surface area contributed by atoms with Crippen molar-refractivity contribution in [1.82, 2.24) is 20.4 Å². The fraction of sp³-hybridized carbons (Fsp3) is 0.467. The van der Waals surface area contributed by atoms with Crippen molar-refractivity contribution in [2.45, 2.75) is 6.42 Å². The predicted octanol–water partition coefficient (Wildman–Crippen LogP) is 1.01. The van der Waals surface area contributed by atoms with Crippen LogP contribution in [-0.4, -0.2) is 60.4 Å². The number of amides is 1. The average Bonchev–Trinajstić information content (AvgIpc) is 3.00. The van der Waals surface area contributed by atoms with Crippen molar-refractivity contribution in [1.29, 1.82) is 0 Å². The summed E-state index contributed by atoms with van der Waals surface area (Å²) in [6.45, 7) is 5.31. The number of rotatable bonds is 5. The van der Waals surface area contributed by atoms with Crippen LogP contribution in [0, 0.1) is 0 Å². The van der Waals surface area contributed by atoms with Gasteiger partial charge < -0.3 is 10.1 Å². The fourth-order valence-corrected chi connectivity index (χ4v) is 2.51. The van der Waals surface area contributed by atoms with E-state index in [0.29, 0.717) is 12.1 Å². The Kier molecular flexibility index (Phi) is 4.47. The van der Waals surface area contributed by atoms with E-state index in [-0.39, 0.29) is 5.91 Å². The molecule has 1 saturated heterocycles. The topological polar surface area (TPSA) is 70.2 Å². The molecule has 0 spiro atoms. The SMILES string of the molecule is O=C(NCCCN1CCOCC1)c1ccc2cn[nH]c2c1.